The molecule has 0 saturated heterocycles. The van der Waals surface area contributed by atoms with Crippen molar-refractivity contribution in [1.29, 1.82) is 0 Å². The van der Waals surface area contributed by atoms with E-state index in [0.717, 1.165) is 12.0 Å². The SMILES string of the molecule is NCCc1ccc(C(=O)Cc2cccc(F)c2Br)cc1. The predicted molar refractivity (Wildman–Crippen MR) is 81.3 cm³/mol. The molecule has 0 atom stereocenters. The van der Waals surface area contributed by atoms with E-state index in [1.165, 1.54) is 6.07 Å². The van der Waals surface area contributed by atoms with E-state index < -0.39 is 0 Å². The van der Waals surface area contributed by atoms with E-state index in [1.54, 1.807) is 24.3 Å². The maximum Gasteiger partial charge on any atom is 0.167 e. The van der Waals surface area contributed by atoms with Crippen molar-refractivity contribution in [2.75, 3.05) is 6.54 Å². The lowest BCUT2D eigenvalue weighted by Gasteiger charge is -2.06. The molecule has 0 aliphatic rings. The van der Waals surface area contributed by atoms with Crippen LogP contribution in [0.3, 0.4) is 0 Å². The average Bonchev–Trinajstić information content (AvgIpc) is 2.45. The maximum atomic E-state index is 13.4. The summed E-state index contributed by atoms with van der Waals surface area (Å²) in [5.74, 6) is -0.385. The van der Waals surface area contributed by atoms with Gasteiger partial charge >= 0.3 is 0 Å². The first-order valence-electron chi connectivity index (χ1n) is 6.37. The molecule has 0 spiro atoms. The van der Waals surface area contributed by atoms with Gasteiger partial charge < -0.3 is 5.73 Å². The van der Waals surface area contributed by atoms with Gasteiger partial charge in [-0.15, -0.1) is 0 Å². The van der Waals surface area contributed by atoms with Crippen molar-refractivity contribution in [1.82, 2.24) is 0 Å². The first kappa shape index (κ1) is 14.9. The van der Waals surface area contributed by atoms with Gasteiger partial charge in [0, 0.05) is 12.0 Å². The van der Waals surface area contributed by atoms with Gasteiger partial charge in [-0.2, -0.15) is 0 Å². The normalized spacial score (nSPS) is 10.6. The van der Waals surface area contributed by atoms with Gasteiger partial charge in [-0.1, -0.05) is 36.4 Å². The third-order valence-electron chi connectivity index (χ3n) is 3.09. The standard InChI is InChI=1S/C16H15BrFNO/c17-16-13(2-1-3-14(16)18)10-15(20)12-6-4-11(5-7-12)8-9-19/h1-7H,8-10,19H2. The topological polar surface area (TPSA) is 43.1 Å². The summed E-state index contributed by atoms with van der Waals surface area (Å²) in [7, 11) is 0. The monoisotopic (exact) mass is 335 g/mol. The first-order chi connectivity index (χ1) is 9.61. The number of hydrogen-bond donors (Lipinski definition) is 1. The van der Waals surface area contributed by atoms with Crippen LogP contribution in [0.25, 0.3) is 0 Å². The molecular formula is C16H15BrFNO. The Hall–Kier alpha value is -1.52. The smallest absolute Gasteiger partial charge is 0.167 e. The summed E-state index contributed by atoms with van der Waals surface area (Å²) in [6.07, 6.45) is 0.971. The van der Waals surface area contributed by atoms with Crippen molar-refractivity contribution in [2.45, 2.75) is 12.8 Å². The molecular weight excluding hydrogens is 321 g/mol. The molecule has 0 bridgehead atoms. The minimum atomic E-state index is -0.353. The number of halogens is 2. The molecule has 20 heavy (non-hydrogen) atoms. The van der Waals surface area contributed by atoms with Crippen LogP contribution in [-0.2, 0) is 12.8 Å². The van der Waals surface area contributed by atoms with Gasteiger partial charge in [0.15, 0.2) is 5.78 Å². The summed E-state index contributed by atoms with van der Waals surface area (Å²) in [6, 6.07) is 12.1. The molecule has 104 valence electrons. The van der Waals surface area contributed by atoms with Gasteiger partial charge in [-0.25, -0.2) is 4.39 Å². The van der Waals surface area contributed by atoms with Crippen LogP contribution >= 0.6 is 15.9 Å². The van der Waals surface area contributed by atoms with E-state index in [0.29, 0.717) is 22.1 Å². The van der Waals surface area contributed by atoms with Crippen LogP contribution in [0.4, 0.5) is 4.39 Å². The average molecular weight is 336 g/mol. The highest BCUT2D eigenvalue weighted by Crippen LogP contribution is 2.22. The van der Waals surface area contributed by atoms with Crippen molar-refractivity contribution in [3.05, 3.63) is 69.4 Å². The molecule has 0 radical (unpaired) electrons. The molecule has 0 fully saturated rings. The van der Waals surface area contributed by atoms with Crippen LogP contribution in [-0.4, -0.2) is 12.3 Å². The Balaban J connectivity index is 2.13. The van der Waals surface area contributed by atoms with Crippen LogP contribution in [0.1, 0.15) is 21.5 Å². The largest absolute Gasteiger partial charge is 0.330 e. The summed E-state index contributed by atoms with van der Waals surface area (Å²) in [4.78, 5) is 12.2. The lowest BCUT2D eigenvalue weighted by Crippen LogP contribution is -2.06. The number of Topliss-reactive ketones (excluding diaryl/α,β-unsaturated/α-hetero) is 1. The summed E-state index contributed by atoms with van der Waals surface area (Å²) in [5, 5.41) is 0. The molecule has 2 N–H and O–H groups in total. The van der Waals surface area contributed by atoms with Gasteiger partial charge in [0.25, 0.3) is 0 Å². The molecule has 2 aromatic carbocycles. The van der Waals surface area contributed by atoms with Crippen LogP contribution in [0.15, 0.2) is 46.9 Å². The molecule has 2 aromatic rings. The summed E-state index contributed by atoms with van der Waals surface area (Å²) in [6.45, 7) is 0.587. The van der Waals surface area contributed by atoms with E-state index in [1.807, 2.05) is 12.1 Å². The fourth-order valence-electron chi connectivity index (χ4n) is 1.98. The number of hydrogen-bond acceptors (Lipinski definition) is 2. The van der Waals surface area contributed by atoms with Crippen LogP contribution in [0.5, 0.6) is 0 Å². The number of rotatable bonds is 5. The van der Waals surface area contributed by atoms with Crippen molar-refractivity contribution in [2.24, 2.45) is 5.73 Å². The molecule has 2 rings (SSSR count). The molecule has 4 heteroatoms. The highest BCUT2D eigenvalue weighted by Gasteiger charge is 2.11. The fraction of sp³-hybridized carbons (Fsp3) is 0.188. The Morgan fingerprint density at radius 2 is 1.85 bits per heavy atom. The Kier molecular flexibility index (Phi) is 5.04. The third-order valence-corrected chi connectivity index (χ3v) is 3.98. The first-order valence-corrected chi connectivity index (χ1v) is 7.16. The van der Waals surface area contributed by atoms with E-state index in [2.05, 4.69) is 15.9 Å². The van der Waals surface area contributed by atoms with Gasteiger partial charge in [0.05, 0.1) is 4.47 Å². The lowest BCUT2D eigenvalue weighted by molar-refractivity contribution is 0.0992. The van der Waals surface area contributed by atoms with Crippen molar-refractivity contribution >= 4 is 21.7 Å². The number of carbonyl (C=O) groups is 1. The highest BCUT2D eigenvalue weighted by atomic mass is 79.9. The second kappa shape index (κ2) is 6.77. The minimum Gasteiger partial charge on any atom is -0.330 e. The van der Waals surface area contributed by atoms with Gasteiger partial charge in [-0.3, -0.25) is 4.79 Å². The molecule has 0 saturated carbocycles. The Bertz CT molecular complexity index is 610. The molecule has 0 aliphatic carbocycles. The van der Waals surface area contributed by atoms with Crippen molar-refractivity contribution in [3.8, 4) is 0 Å². The van der Waals surface area contributed by atoms with E-state index >= 15 is 0 Å². The number of benzene rings is 2. The Morgan fingerprint density at radius 3 is 2.50 bits per heavy atom. The second-order valence-electron chi connectivity index (χ2n) is 4.55. The summed E-state index contributed by atoms with van der Waals surface area (Å²) < 4.78 is 13.8. The quantitative estimate of drug-likeness (QED) is 0.849. The molecule has 2 nitrogen and oxygen atoms in total. The van der Waals surface area contributed by atoms with E-state index in [4.69, 9.17) is 5.73 Å². The minimum absolute atomic E-state index is 0.0319. The summed E-state index contributed by atoms with van der Waals surface area (Å²) >= 11 is 3.17. The predicted octanol–water partition coefficient (Wildman–Crippen LogP) is 3.51. The maximum absolute atomic E-state index is 13.4. The molecule has 0 unspecified atom stereocenters. The zero-order valence-corrected chi connectivity index (χ0v) is 12.5. The van der Waals surface area contributed by atoms with Gasteiger partial charge in [-0.05, 0) is 46.1 Å². The third kappa shape index (κ3) is 3.52. The van der Waals surface area contributed by atoms with E-state index in [9.17, 15) is 9.18 Å². The molecule has 0 aromatic heterocycles. The Labute approximate surface area is 125 Å². The summed E-state index contributed by atoms with van der Waals surface area (Å²) in [5.41, 5.74) is 7.87. The zero-order valence-electron chi connectivity index (χ0n) is 10.9. The van der Waals surface area contributed by atoms with Crippen LogP contribution < -0.4 is 5.73 Å². The molecule has 0 heterocycles. The molecule has 0 aliphatic heterocycles. The second-order valence-corrected chi connectivity index (χ2v) is 5.34. The van der Waals surface area contributed by atoms with Crippen molar-refractivity contribution < 1.29 is 9.18 Å². The zero-order chi connectivity index (χ0) is 14.5. The number of carbonyl (C=O) groups excluding carboxylic acids is 1. The number of nitrogens with two attached hydrogens (primary N) is 1. The fourth-order valence-corrected chi connectivity index (χ4v) is 2.39. The van der Waals surface area contributed by atoms with E-state index in [-0.39, 0.29) is 18.0 Å². The van der Waals surface area contributed by atoms with Crippen LogP contribution in [0, 0.1) is 5.82 Å². The number of ketones is 1. The Morgan fingerprint density at radius 1 is 1.15 bits per heavy atom. The van der Waals surface area contributed by atoms with Crippen molar-refractivity contribution in [3.63, 3.8) is 0 Å². The van der Waals surface area contributed by atoms with Gasteiger partial charge in [0.1, 0.15) is 5.82 Å². The highest BCUT2D eigenvalue weighted by molar-refractivity contribution is 9.10. The van der Waals surface area contributed by atoms with Gasteiger partial charge in [0.2, 0.25) is 0 Å². The van der Waals surface area contributed by atoms with Crippen LogP contribution in [0.2, 0.25) is 0 Å². The molecule has 0 amide bonds. The lowest BCUT2D eigenvalue weighted by atomic mass is 10.0.